The fourth-order valence-corrected chi connectivity index (χ4v) is 4.90. The lowest BCUT2D eigenvalue weighted by Gasteiger charge is -2.23. The highest BCUT2D eigenvalue weighted by molar-refractivity contribution is 5.86. The Labute approximate surface area is 207 Å². The predicted molar refractivity (Wildman–Crippen MR) is 143 cm³/mol. The van der Waals surface area contributed by atoms with Crippen molar-refractivity contribution in [1.82, 2.24) is 9.78 Å². The van der Waals surface area contributed by atoms with Gasteiger partial charge < -0.3 is 5.11 Å². The number of allylic oxidation sites excluding steroid dienone is 1. The van der Waals surface area contributed by atoms with Gasteiger partial charge in [0, 0.05) is 0 Å². The Morgan fingerprint density at radius 1 is 1.03 bits per heavy atom. The molecule has 0 radical (unpaired) electrons. The molecule has 0 unspecified atom stereocenters. The summed E-state index contributed by atoms with van der Waals surface area (Å²) in [5.74, 6) is -0.0365. The summed E-state index contributed by atoms with van der Waals surface area (Å²) >= 11 is 0. The topological polar surface area (TPSA) is 38.0 Å². The van der Waals surface area contributed by atoms with Gasteiger partial charge in [0.1, 0.15) is 5.82 Å². The monoisotopic (exact) mass is 470 g/mol. The molecule has 0 fully saturated rings. The number of rotatable bonds is 10. The quantitative estimate of drug-likeness (QED) is 0.254. The van der Waals surface area contributed by atoms with E-state index in [0.29, 0.717) is 0 Å². The predicted octanol–water partition coefficient (Wildman–Crippen LogP) is 8.06. The molecule has 1 aromatic heterocycles. The molecule has 3 nitrogen and oxygen atoms in total. The average molecular weight is 471 g/mol. The summed E-state index contributed by atoms with van der Waals surface area (Å²) in [6, 6.07) is 20.9. The van der Waals surface area contributed by atoms with Crippen LogP contribution in [0, 0.1) is 11.7 Å². The van der Waals surface area contributed by atoms with Crippen LogP contribution >= 0.6 is 0 Å². The molecule has 0 amide bonds. The molecule has 4 rings (SSSR count). The Kier molecular flexibility index (Phi) is 8.14. The second-order valence-corrected chi connectivity index (χ2v) is 9.36. The SMILES string of the molecule is CCc1cnn(-c2ccc(F)cc2)c1/C=C(\C)CCC[C@@H](CC)[C@@H](O)c1cccc2ccccc12. The van der Waals surface area contributed by atoms with Crippen molar-refractivity contribution in [2.24, 2.45) is 5.92 Å². The van der Waals surface area contributed by atoms with Crippen LogP contribution in [-0.4, -0.2) is 14.9 Å². The molecule has 0 saturated heterocycles. The third kappa shape index (κ3) is 5.71. The zero-order valence-corrected chi connectivity index (χ0v) is 20.9. The Hall–Kier alpha value is -3.24. The van der Waals surface area contributed by atoms with Gasteiger partial charge >= 0.3 is 0 Å². The van der Waals surface area contributed by atoms with Crippen molar-refractivity contribution in [2.45, 2.75) is 59.0 Å². The molecule has 3 aromatic carbocycles. The van der Waals surface area contributed by atoms with Crippen molar-refractivity contribution in [3.8, 4) is 5.69 Å². The van der Waals surface area contributed by atoms with Crippen LogP contribution < -0.4 is 0 Å². The lowest BCUT2D eigenvalue weighted by Crippen LogP contribution is -2.12. The summed E-state index contributed by atoms with van der Waals surface area (Å²) in [7, 11) is 0. The van der Waals surface area contributed by atoms with E-state index in [1.165, 1.54) is 28.7 Å². The second-order valence-electron chi connectivity index (χ2n) is 9.36. The van der Waals surface area contributed by atoms with E-state index in [0.717, 1.165) is 54.4 Å². The molecule has 4 aromatic rings. The van der Waals surface area contributed by atoms with Gasteiger partial charge in [-0.05, 0) is 90.8 Å². The van der Waals surface area contributed by atoms with Crippen LogP contribution in [0.2, 0.25) is 0 Å². The average Bonchev–Trinajstić information content (AvgIpc) is 3.28. The molecule has 0 bridgehead atoms. The number of hydrogen-bond donors (Lipinski definition) is 1. The van der Waals surface area contributed by atoms with Gasteiger partial charge in [0.05, 0.1) is 23.7 Å². The van der Waals surface area contributed by atoms with Gasteiger partial charge in [0.15, 0.2) is 0 Å². The molecule has 1 N–H and O–H groups in total. The van der Waals surface area contributed by atoms with Crippen molar-refractivity contribution in [1.29, 1.82) is 0 Å². The molecular weight excluding hydrogens is 435 g/mol. The van der Waals surface area contributed by atoms with Crippen molar-refractivity contribution >= 4 is 16.8 Å². The molecule has 1 heterocycles. The number of nitrogens with zero attached hydrogens (tertiary/aromatic N) is 2. The van der Waals surface area contributed by atoms with Crippen LogP contribution in [0.1, 0.15) is 69.4 Å². The summed E-state index contributed by atoms with van der Waals surface area (Å²) in [5, 5.41) is 18.1. The number of hydrogen-bond acceptors (Lipinski definition) is 2. The second kappa shape index (κ2) is 11.5. The van der Waals surface area contributed by atoms with Gasteiger partial charge in [-0.2, -0.15) is 5.10 Å². The molecule has 35 heavy (non-hydrogen) atoms. The van der Waals surface area contributed by atoms with Crippen molar-refractivity contribution < 1.29 is 9.50 Å². The lowest BCUT2D eigenvalue weighted by molar-refractivity contribution is 0.100. The molecular formula is C31H35FN2O. The van der Waals surface area contributed by atoms with E-state index in [2.05, 4.69) is 56.2 Å². The lowest BCUT2D eigenvalue weighted by atomic mass is 9.86. The number of aliphatic hydroxyl groups is 1. The van der Waals surface area contributed by atoms with E-state index >= 15 is 0 Å². The Morgan fingerprint density at radius 3 is 2.51 bits per heavy atom. The van der Waals surface area contributed by atoms with E-state index in [1.54, 1.807) is 12.1 Å². The van der Waals surface area contributed by atoms with Gasteiger partial charge in [-0.15, -0.1) is 0 Å². The minimum atomic E-state index is -0.470. The third-order valence-corrected chi connectivity index (χ3v) is 6.98. The fraction of sp³-hybridized carbons (Fsp3) is 0.323. The molecule has 4 heteroatoms. The van der Waals surface area contributed by atoms with Gasteiger partial charge in [0.2, 0.25) is 0 Å². The van der Waals surface area contributed by atoms with Crippen molar-refractivity contribution in [2.75, 3.05) is 0 Å². The highest BCUT2D eigenvalue weighted by Gasteiger charge is 2.21. The summed E-state index contributed by atoms with van der Waals surface area (Å²) < 4.78 is 15.3. The molecule has 0 aliphatic rings. The molecule has 0 aliphatic carbocycles. The highest BCUT2D eigenvalue weighted by Crippen LogP contribution is 2.33. The zero-order valence-electron chi connectivity index (χ0n) is 20.9. The molecule has 2 atom stereocenters. The minimum absolute atomic E-state index is 0.213. The number of halogens is 1. The van der Waals surface area contributed by atoms with Gasteiger partial charge in [-0.1, -0.05) is 68.3 Å². The maximum absolute atomic E-state index is 13.4. The standard InChI is InChI=1S/C31H35FN2O/c1-4-23(31(35)29-15-9-13-25-11-6-7-14-28(25)29)12-8-10-22(3)20-30-24(5-2)21-33-34(30)27-18-16-26(32)17-19-27/h6-7,9,11,13-21,23,31,35H,4-5,8,10,12H2,1-3H3/b22-20+/t23-,31-/m1/s1. The summed E-state index contributed by atoms with van der Waals surface area (Å²) in [5.41, 5.74) is 5.39. The fourth-order valence-electron chi connectivity index (χ4n) is 4.90. The first-order valence-corrected chi connectivity index (χ1v) is 12.7. The van der Waals surface area contributed by atoms with Crippen molar-refractivity contribution in [3.05, 3.63) is 101 Å². The van der Waals surface area contributed by atoms with E-state index in [4.69, 9.17) is 0 Å². The van der Waals surface area contributed by atoms with Crippen LogP contribution in [0.3, 0.4) is 0 Å². The molecule has 0 aliphatic heterocycles. The largest absolute Gasteiger partial charge is 0.388 e. The normalized spacial score (nSPS) is 13.8. The van der Waals surface area contributed by atoms with Crippen LogP contribution in [0.15, 0.2) is 78.5 Å². The zero-order chi connectivity index (χ0) is 24.8. The van der Waals surface area contributed by atoms with E-state index in [1.807, 2.05) is 29.1 Å². The van der Waals surface area contributed by atoms with Gasteiger partial charge in [0.25, 0.3) is 0 Å². The number of aliphatic hydroxyl groups excluding tert-OH is 1. The van der Waals surface area contributed by atoms with Gasteiger partial charge in [-0.3, -0.25) is 0 Å². The highest BCUT2D eigenvalue weighted by atomic mass is 19.1. The summed E-state index contributed by atoms with van der Waals surface area (Å²) in [4.78, 5) is 0. The molecule has 182 valence electrons. The Balaban J connectivity index is 1.45. The smallest absolute Gasteiger partial charge is 0.123 e. The van der Waals surface area contributed by atoms with Crippen LogP contribution in [0.5, 0.6) is 0 Å². The van der Waals surface area contributed by atoms with E-state index < -0.39 is 6.10 Å². The Bertz CT molecular complexity index is 1280. The Morgan fingerprint density at radius 2 is 1.77 bits per heavy atom. The first-order chi connectivity index (χ1) is 17.0. The minimum Gasteiger partial charge on any atom is -0.388 e. The van der Waals surface area contributed by atoms with E-state index in [-0.39, 0.29) is 11.7 Å². The van der Waals surface area contributed by atoms with Crippen LogP contribution in [-0.2, 0) is 6.42 Å². The summed E-state index contributed by atoms with van der Waals surface area (Å²) in [6.45, 7) is 6.44. The number of aromatic nitrogens is 2. The molecule has 0 spiro atoms. The van der Waals surface area contributed by atoms with Crippen molar-refractivity contribution in [3.63, 3.8) is 0 Å². The van der Waals surface area contributed by atoms with Crippen LogP contribution in [0.25, 0.3) is 22.5 Å². The number of benzene rings is 3. The van der Waals surface area contributed by atoms with Gasteiger partial charge in [-0.25, -0.2) is 9.07 Å². The van der Waals surface area contributed by atoms with Crippen LogP contribution in [0.4, 0.5) is 4.39 Å². The number of aryl methyl sites for hydroxylation is 1. The first-order valence-electron chi connectivity index (χ1n) is 12.7. The third-order valence-electron chi connectivity index (χ3n) is 6.98. The van der Waals surface area contributed by atoms with E-state index in [9.17, 15) is 9.50 Å². The maximum Gasteiger partial charge on any atom is 0.123 e. The number of fused-ring (bicyclic) bond motifs is 1. The summed E-state index contributed by atoms with van der Waals surface area (Å²) in [6.07, 6.45) is 8.38. The molecule has 0 saturated carbocycles. The first kappa shape index (κ1) is 24.9. The maximum atomic E-state index is 13.4.